The molecule has 3 nitrogen and oxygen atoms in total. The number of nitrogens with one attached hydrogen (secondary N) is 1. The van der Waals surface area contributed by atoms with Crippen LogP contribution in [0.2, 0.25) is 18.1 Å². The second-order valence-corrected chi connectivity index (χ2v) is 10.2. The third kappa shape index (κ3) is 3.46. The van der Waals surface area contributed by atoms with Crippen molar-refractivity contribution in [1.29, 1.82) is 0 Å². The fourth-order valence-electron chi connectivity index (χ4n) is 1.06. The van der Waals surface area contributed by atoms with Crippen LogP contribution in [0.5, 0.6) is 0 Å². The summed E-state index contributed by atoms with van der Waals surface area (Å²) in [4.78, 5) is 0. The summed E-state index contributed by atoms with van der Waals surface area (Å²) in [5.41, 5.74) is 1.08. The van der Waals surface area contributed by atoms with Crippen molar-refractivity contribution >= 4 is 8.32 Å². The van der Waals surface area contributed by atoms with Crippen LogP contribution in [-0.4, -0.2) is 25.1 Å². The molecule has 0 amide bonds. The zero-order valence-electron chi connectivity index (χ0n) is 10.4. The van der Waals surface area contributed by atoms with Gasteiger partial charge in [0.05, 0.1) is 5.69 Å². The number of hydrogen-bond donors (Lipinski definition) is 1. The number of rotatable bonds is 4. The monoisotopic (exact) mass is 226 g/mol. The molecule has 0 aliphatic heterocycles. The first-order valence-electron chi connectivity index (χ1n) is 5.45. The zero-order valence-corrected chi connectivity index (χ0v) is 11.4. The van der Waals surface area contributed by atoms with Crippen molar-refractivity contribution in [3.63, 3.8) is 0 Å². The third-order valence-corrected chi connectivity index (χ3v) is 7.72. The van der Waals surface area contributed by atoms with E-state index in [2.05, 4.69) is 44.1 Å². The lowest BCUT2D eigenvalue weighted by atomic mass is 10.2. The van der Waals surface area contributed by atoms with Gasteiger partial charge in [0.1, 0.15) is 0 Å². The predicted octanol–water partition coefficient (Wildman–Crippen LogP) is 2.97. The quantitative estimate of drug-likeness (QED) is 0.802. The number of hydrogen-bond acceptors (Lipinski definition) is 2. The second kappa shape index (κ2) is 4.49. The molecule has 1 heterocycles. The van der Waals surface area contributed by atoms with Crippen molar-refractivity contribution in [1.82, 2.24) is 10.2 Å². The lowest BCUT2D eigenvalue weighted by Gasteiger charge is -2.36. The summed E-state index contributed by atoms with van der Waals surface area (Å²) >= 11 is 0. The van der Waals surface area contributed by atoms with Crippen molar-refractivity contribution in [3.05, 3.63) is 18.0 Å². The Morgan fingerprint density at radius 2 is 2.07 bits per heavy atom. The molecule has 0 unspecified atom stereocenters. The summed E-state index contributed by atoms with van der Waals surface area (Å²) in [7, 11) is -1.58. The molecule has 0 fully saturated rings. The fraction of sp³-hybridized carbons (Fsp3) is 0.727. The van der Waals surface area contributed by atoms with Gasteiger partial charge in [-0.05, 0) is 24.2 Å². The molecule has 0 aliphatic rings. The Kier molecular flexibility index (Phi) is 3.73. The van der Waals surface area contributed by atoms with Crippen LogP contribution in [0.4, 0.5) is 0 Å². The van der Waals surface area contributed by atoms with Crippen LogP contribution >= 0.6 is 0 Å². The average molecular weight is 226 g/mol. The summed E-state index contributed by atoms with van der Waals surface area (Å²) in [6.45, 7) is 12.1. The van der Waals surface area contributed by atoms with E-state index < -0.39 is 8.32 Å². The van der Waals surface area contributed by atoms with E-state index >= 15 is 0 Å². The van der Waals surface area contributed by atoms with E-state index in [4.69, 9.17) is 4.43 Å². The zero-order chi connectivity index (χ0) is 11.5. The van der Waals surface area contributed by atoms with Gasteiger partial charge in [-0.25, -0.2) is 0 Å². The van der Waals surface area contributed by atoms with Gasteiger partial charge in [-0.3, -0.25) is 5.10 Å². The fourth-order valence-corrected chi connectivity index (χ4v) is 2.10. The highest BCUT2D eigenvalue weighted by Gasteiger charge is 2.36. The first-order valence-corrected chi connectivity index (χ1v) is 8.36. The topological polar surface area (TPSA) is 37.9 Å². The van der Waals surface area contributed by atoms with Crippen LogP contribution in [0.25, 0.3) is 0 Å². The van der Waals surface area contributed by atoms with Crippen molar-refractivity contribution in [2.75, 3.05) is 6.61 Å². The Balaban J connectivity index is 2.37. The number of aromatic amines is 1. The molecule has 0 spiro atoms. The molecule has 0 aromatic carbocycles. The smallest absolute Gasteiger partial charge is 0.191 e. The normalized spacial score (nSPS) is 13.1. The minimum absolute atomic E-state index is 0.290. The summed E-state index contributed by atoms with van der Waals surface area (Å²) in [5, 5.41) is 7.21. The van der Waals surface area contributed by atoms with Gasteiger partial charge in [-0.15, -0.1) is 0 Å². The largest absolute Gasteiger partial charge is 0.416 e. The highest BCUT2D eigenvalue weighted by molar-refractivity contribution is 6.74. The van der Waals surface area contributed by atoms with Gasteiger partial charge in [0.2, 0.25) is 0 Å². The Hall–Kier alpha value is -0.613. The van der Waals surface area contributed by atoms with E-state index in [-0.39, 0.29) is 0 Å². The maximum absolute atomic E-state index is 6.05. The molecule has 0 aliphatic carbocycles. The molecular weight excluding hydrogens is 204 g/mol. The van der Waals surface area contributed by atoms with E-state index in [1.807, 2.05) is 12.3 Å². The average Bonchev–Trinajstić information content (AvgIpc) is 2.54. The highest BCUT2D eigenvalue weighted by atomic mass is 28.4. The molecule has 0 radical (unpaired) electrons. The number of nitrogens with zero attached hydrogens (tertiary/aromatic N) is 1. The van der Waals surface area contributed by atoms with E-state index in [1.54, 1.807) is 0 Å². The lowest BCUT2D eigenvalue weighted by Crippen LogP contribution is -2.41. The van der Waals surface area contributed by atoms with E-state index in [0.29, 0.717) is 5.04 Å². The Morgan fingerprint density at radius 3 is 2.53 bits per heavy atom. The molecule has 0 saturated heterocycles. The van der Waals surface area contributed by atoms with Crippen LogP contribution < -0.4 is 0 Å². The van der Waals surface area contributed by atoms with Crippen LogP contribution in [-0.2, 0) is 10.8 Å². The van der Waals surface area contributed by atoms with E-state index in [0.717, 1.165) is 18.7 Å². The number of aromatic nitrogens is 2. The first kappa shape index (κ1) is 12.5. The Morgan fingerprint density at radius 1 is 1.40 bits per heavy atom. The SMILES string of the molecule is CC(C)(C)[Si](C)(C)OCCc1cc[nH]n1. The van der Waals surface area contributed by atoms with Gasteiger partial charge in [0.15, 0.2) is 8.32 Å². The van der Waals surface area contributed by atoms with Gasteiger partial charge in [-0.1, -0.05) is 20.8 Å². The Labute approximate surface area is 93.4 Å². The van der Waals surface area contributed by atoms with Gasteiger partial charge >= 0.3 is 0 Å². The standard InChI is InChI=1S/C11H22N2OSi/c1-11(2,3)15(4,5)14-9-7-10-6-8-12-13-10/h6,8H,7,9H2,1-5H3,(H,12,13). The number of H-pyrrole nitrogens is 1. The molecule has 15 heavy (non-hydrogen) atoms. The molecule has 1 rings (SSSR count). The van der Waals surface area contributed by atoms with Gasteiger partial charge < -0.3 is 4.43 Å². The van der Waals surface area contributed by atoms with Crippen LogP contribution in [0, 0.1) is 0 Å². The van der Waals surface area contributed by atoms with Crippen molar-refractivity contribution in [3.8, 4) is 0 Å². The maximum atomic E-state index is 6.05. The van der Waals surface area contributed by atoms with E-state index in [9.17, 15) is 0 Å². The van der Waals surface area contributed by atoms with Crippen molar-refractivity contribution in [2.24, 2.45) is 0 Å². The lowest BCUT2D eigenvalue weighted by molar-refractivity contribution is 0.290. The van der Waals surface area contributed by atoms with Crippen LogP contribution in [0.15, 0.2) is 12.3 Å². The van der Waals surface area contributed by atoms with Gasteiger partial charge in [0.25, 0.3) is 0 Å². The summed E-state index contributed by atoms with van der Waals surface area (Å²) in [6, 6.07) is 2.00. The van der Waals surface area contributed by atoms with Gasteiger partial charge in [0, 0.05) is 19.2 Å². The Bertz CT molecular complexity index is 288. The molecule has 4 heteroatoms. The first-order chi connectivity index (χ1) is 6.83. The summed E-state index contributed by atoms with van der Waals surface area (Å²) < 4.78 is 6.05. The third-order valence-electron chi connectivity index (χ3n) is 3.19. The minimum Gasteiger partial charge on any atom is -0.416 e. The van der Waals surface area contributed by atoms with E-state index in [1.165, 1.54) is 0 Å². The van der Waals surface area contributed by atoms with Crippen molar-refractivity contribution < 1.29 is 4.43 Å². The van der Waals surface area contributed by atoms with Gasteiger partial charge in [-0.2, -0.15) is 5.10 Å². The molecule has 0 bridgehead atoms. The molecule has 86 valence electrons. The summed E-state index contributed by atoms with van der Waals surface area (Å²) in [5.74, 6) is 0. The minimum atomic E-state index is -1.58. The molecule has 1 aromatic heterocycles. The molecule has 0 saturated carbocycles. The van der Waals surface area contributed by atoms with Crippen molar-refractivity contribution in [2.45, 2.75) is 45.3 Å². The molecular formula is C11H22N2OSi. The summed E-state index contributed by atoms with van der Waals surface area (Å²) in [6.07, 6.45) is 2.75. The maximum Gasteiger partial charge on any atom is 0.191 e. The second-order valence-electron chi connectivity index (χ2n) is 5.42. The van der Waals surface area contributed by atoms with Crippen LogP contribution in [0.3, 0.4) is 0 Å². The van der Waals surface area contributed by atoms with Crippen LogP contribution in [0.1, 0.15) is 26.5 Å². The predicted molar refractivity (Wildman–Crippen MR) is 65.4 cm³/mol. The molecule has 0 atom stereocenters. The highest BCUT2D eigenvalue weighted by Crippen LogP contribution is 2.36. The molecule has 1 N–H and O–H groups in total. The molecule has 1 aromatic rings.